The third-order valence-corrected chi connectivity index (χ3v) is 3.28. The van der Waals surface area contributed by atoms with Crippen molar-refractivity contribution >= 4 is 0 Å². The summed E-state index contributed by atoms with van der Waals surface area (Å²) in [5, 5.41) is 0. The molecule has 4 heteroatoms. The number of hydrogen-bond donors (Lipinski definition) is 1. The molecule has 0 aliphatic carbocycles. The van der Waals surface area contributed by atoms with Gasteiger partial charge in [0.25, 0.3) is 0 Å². The zero-order valence-corrected chi connectivity index (χ0v) is 11.7. The molecule has 0 radical (unpaired) electrons. The Morgan fingerprint density at radius 3 is 2.89 bits per heavy atom. The largest absolute Gasteiger partial charge is 0.493 e. The summed E-state index contributed by atoms with van der Waals surface area (Å²) in [7, 11) is 1.66. The van der Waals surface area contributed by atoms with Gasteiger partial charge in [0.15, 0.2) is 11.5 Å². The maximum absolute atomic E-state index is 5.89. The van der Waals surface area contributed by atoms with Crippen LogP contribution < -0.4 is 15.2 Å². The normalized spacial score (nSPS) is 20.3. The number of methoxy groups -OCH3 is 1. The van der Waals surface area contributed by atoms with Crippen LogP contribution >= 0.6 is 0 Å². The Balaban J connectivity index is 2.02. The monoisotopic (exact) mass is 265 g/mol. The van der Waals surface area contributed by atoms with E-state index in [1.54, 1.807) is 7.11 Å². The average Bonchev–Trinajstić information content (AvgIpc) is 2.89. The predicted octanol–water partition coefficient (Wildman–Crippen LogP) is 2.00. The Morgan fingerprint density at radius 2 is 2.26 bits per heavy atom. The van der Waals surface area contributed by atoms with Gasteiger partial charge in [0.05, 0.1) is 20.3 Å². The van der Waals surface area contributed by atoms with E-state index in [0.717, 1.165) is 37.6 Å². The van der Waals surface area contributed by atoms with E-state index in [1.165, 1.54) is 5.56 Å². The molecular formula is C15H23NO3. The summed E-state index contributed by atoms with van der Waals surface area (Å²) < 4.78 is 16.6. The molecule has 1 fully saturated rings. The Labute approximate surface area is 114 Å². The first-order valence-corrected chi connectivity index (χ1v) is 6.82. The second-order valence-corrected chi connectivity index (χ2v) is 5.21. The molecule has 1 aliphatic rings. The molecule has 1 aromatic rings. The van der Waals surface area contributed by atoms with Gasteiger partial charge in [-0.1, -0.05) is 6.07 Å². The van der Waals surface area contributed by atoms with Crippen LogP contribution in [0.5, 0.6) is 11.5 Å². The van der Waals surface area contributed by atoms with Crippen molar-refractivity contribution in [1.29, 1.82) is 0 Å². The summed E-state index contributed by atoms with van der Waals surface area (Å²) in [5.74, 6) is 2.06. The smallest absolute Gasteiger partial charge is 0.161 e. The fourth-order valence-electron chi connectivity index (χ4n) is 2.26. The van der Waals surface area contributed by atoms with Crippen LogP contribution in [0.25, 0.3) is 0 Å². The van der Waals surface area contributed by atoms with Gasteiger partial charge >= 0.3 is 0 Å². The van der Waals surface area contributed by atoms with Crippen molar-refractivity contribution in [3.05, 3.63) is 23.8 Å². The lowest BCUT2D eigenvalue weighted by Crippen LogP contribution is -2.18. The molecule has 1 aromatic carbocycles. The van der Waals surface area contributed by atoms with Crippen molar-refractivity contribution in [3.63, 3.8) is 0 Å². The number of benzene rings is 1. The fourth-order valence-corrected chi connectivity index (χ4v) is 2.26. The minimum Gasteiger partial charge on any atom is -0.493 e. The summed E-state index contributed by atoms with van der Waals surface area (Å²) in [5.41, 5.74) is 7.00. The molecule has 106 valence electrons. The summed E-state index contributed by atoms with van der Waals surface area (Å²) in [6, 6.07) is 6.15. The topological polar surface area (TPSA) is 53.7 Å². The van der Waals surface area contributed by atoms with E-state index in [9.17, 15) is 0 Å². The quantitative estimate of drug-likeness (QED) is 0.854. The van der Waals surface area contributed by atoms with Gasteiger partial charge in [-0.2, -0.15) is 0 Å². The van der Waals surface area contributed by atoms with E-state index in [4.69, 9.17) is 19.9 Å². The number of nitrogens with two attached hydrogens (primary N) is 1. The van der Waals surface area contributed by atoms with E-state index in [0.29, 0.717) is 12.5 Å². The van der Waals surface area contributed by atoms with Crippen molar-refractivity contribution in [1.82, 2.24) is 0 Å². The summed E-state index contributed by atoms with van der Waals surface area (Å²) in [6.45, 7) is 4.32. The van der Waals surface area contributed by atoms with Gasteiger partial charge in [-0.3, -0.25) is 0 Å². The van der Waals surface area contributed by atoms with Crippen LogP contribution in [-0.2, 0) is 11.2 Å². The first kappa shape index (κ1) is 14.2. The number of hydrogen-bond acceptors (Lipinski definition) is 4. The Hall–Kier alpha value is -1.26. The molecule has 4 nitrogen and oxygen atoms in total. The molecule has 0 amide bonds. The Kier molecular flexibility index (Phi) is 5.05. The maximum Gasteiger partial charge on any atom is 0.161 e. The molecule has 19 heavy (non-hydrogen) atoms. The van der Waals surface area contributed by atoms with Crippen LogP contribution in [0.2, 0.25) is 0 Å². The van der Waals surface area contributed by atoms with Crippen molar-refractivity contribution in [2.75, 3.05) is 26.9 Å². The highest BCUT2D eigenvalue weighted by molar-refractivity contribution is 5.43. The van der Waals surface area contributed by atoms with Crippen molar-refractivity contribution in [3.8, 4) is 11.5 Å². The van der Waals surface area contributed by atoms with E-state index in [1.807, 2.05) is 25.1 Å². The van der Waals surface area contributed by atoms with Crippen LogP contribution in [0.4, 0.5) is 0 Å². The van der Waals surface area contributed by atoms with Gasteiger partial charge in [-0.25, -0.2) is 0 Å². The lowest BCUT2D eigenvalue weighted by Gasteiger charge is -2.15. The lowest BCUT2D eigenvalue weighted by molar-refractivity contribution is 0.165. The average molecular weight is 265 g/mol. The summed E-state index contributed by atoms with van der Waals surface area (Å²) in [6.07, 6.45) is 1.91. The second kappa shape index (κ2) is 6.78. The lowest BCUT2D eigenvalue weighted by atomic mass is 10.1. The molecule has 1 aliphatic heterocycles. The molecule has 1 saturated heterocycles. The minimum atomic E-state index is 0.143. The number of ether oxygens (including phenoxy) is 3. The van der Waals surface area contributed by atoms with Crippen molar-refractivity contribution in [2.45, 2.75) is 25.8 Å². The van der Waals surface area contributed by atoms with Crippen LogP contribution in [-0.4, -0.2) is 33.0 Å². The molecule has 2 rings (SSSR count). The molecule has 0 spiro atoms. The highest BCUT2D eigenvalue weighted by Crippen LogP contribution is 2.29. The summed E-state index contributed by atoms with van der Waals surface area (Å²) >= 11 is 0. The molecule has 0 aromatic heterocycles. The van der Waals surface area contributed by atoms with Crippen LogP contribution in [0.3, 0.4) is 0 Å². The SMILES string of the molecule is COc1ccc(CC(C)N)cc1OCC1CCOC1. The molecular weight excluding hydrogens is 242 g/mol. The zero-order valence-electron chi connectivity index (χ0n) is 11.7. The van der Waals surface area contributed by atoms with Gasteiger partial charge in [0.2, 0.25) is 0 Å². The van der Waals surface area contributed by atoms with Crippen LogP contribution in [0.1, 0.15) is 18.9 Å². The molecule has 2 N–H and O–H groups in total. The minimum absolute atomic E-state index is 0.143. The van der Waals surface area contributed by atoms with Gasteiger partial charge in [0.1, 0.15) is 0 Å². The summed E-state index contributed by atoms with van der Waals surface area (Å²) in [4.78, 5) is 0. The second-order valence-electron chi connectivity index (χ2n) is 5.21. The standard InChI is InChI=1S/C15H23NO3/c1-11(16)7-12-3-4-14(17-2)15(8-12)19-10-13-5-6-18-9-13/h3-4,8,11,13H,5-7,9-10,16H2,1-2H3. The fraction of sp³-hybridized carbons (Fsp3) is 0.600. The zero-order chi connectivity index (χ0) is 13.7. The van der Waals surface area contributed by atoms with Crippen LogP contribution in [0.15, 0.2) is 18.2 Å². The van der Waals surface area contributed by atoms with Crippen LogP contribution in [0, 0.1) is 5.92 Å². The first-order valence-electron chi connectivity index (χ1n) is 6.82. The maximum atomic E-state index is 5.89. The van der Waals surface area contributed by atoms with E-state index >= 15 is 0 Å². The van der Waals surface area contributed by atoms with Crippen molar-refractivity contribution < 1.29 is 14.2 Å². The highest BCUT2D eigenvalue weighted by Gasteiger charge is 2.17. The third-order valence-electron chi connectivity index (χ3n) is 3.28. The molecule has 1 heterocycles. The Bertz CT molecular complexity index is 400. The van der Waals surface area contributed by atoms with E-state index < -0.39 is 0 Å². The number of rotatable bonds is 6. The van der Waals surface area contributed by atoms with Gasteiger partial charge in [-0.15, -0.1) is 0 Å². The van der Waals surface area contributed by atoms with Gasteiger partial charge < -0.3 is 19.9 Å². The van der Waals surface area contributed by atoms with Gasteiger partial charge in [-0.05, 0) is 37.5 Å². The molecule has 2 unspecified atom stereocenters. The predicted molar refractivity (Wildman–Crippen MR) is 74.8 cm³/mol. The van der Waals surface area contributed by atoms with E-state index in [-0.39, 0.29) is 6.04 Å². The highest BCUT2D eigenvalue weighted by atomic mass is 16.5. The molecule has 2 atom stereocenters. The van der Waals surface area contributed by atoms with Crippen molar-refractivity contribution in [2.24, 2.45) is 11.7 Å². The molecule has 0 saturated carbocycles. The first-order chi connectivity index (χ1) is 9.19. The Morgan fingerprint density at radius 1 is 1.42 bits per heavy atom. The third kappa shape index (κ3) is 4.11. The molecule has 0 bridgehead atoms. The van der Waals surface area contributed by atoms with E-state index in [2.05, 4.69) is 0 Å². The van der Waals surface area contributed by atoms with Gasteiger partial charge in [0, 0.05) is 18.6 Å².